The van der Waals surface area contributed by atoms with Gasteiger partial charge >= 0.3 is 5.97 Å². The summed E-state index contributed by atoms with van der Waals surface area (Å²) in [6, 6.07) is 4.26. The van der Waals surface area contributed by atoms with Crippen molar-refractivity contribution in [2.24, 2.45) is 0 Å². The fraction of sp³-hybridized carbons (Fsp3) is 0.222. The maximum absolute atomic E-state index is 13.2. The number of aliphatic hydroxyl groups is 1. The number of hydrogen-bond acceptors (Lipinski definition) is 2. The second-order valence-electron chi connectivity index (χ2n) is 2.72. The topological polar surface area (TPSA) is 57.5 Å². The summed E-state index contributed by atoms with van der Waals surface area (Å²) >= 11 is 0. The number of carboxylic acids is 1. The number of carbonyl (C=O) groups is 1. The molecule has 0 fully saturated rings. The third-order valence-electron chi connectivity index (χ3n) is 1.75. The van der Waals surface area contributed by atoms with Crippen LogP contribution < -0.4 is 0 Å². The Bertz CT molecular complexity index is 336. The second kappa shape index (κ2) is 3.53. The standard InChI is InChI=1S/C9H9FO3/c1-5-3-2-4-6(7(5)10)8(11)9(12)13/h2-4,8,11H,1H3,(H,12,13). The SMILES string of the molecule is Cc1cccc(C(O)C(=O)O)c1F. The molecule has 1 atom stereocenters. The third kappa shape index (κ3) is 1.84. The van der Waals surface area contributed by atoms with Crippen LogP contribution in [0.4, 0.5) is 4.39 Å². The molecule has 0 spiro atoms. The first-order chi connectivity index (χ1) is 6.04. The van der Waals surface area contributed by atoms with Gasteiger partial charge in [-0.2, -0.15) is 0 Å². The number of carboxylic acid groups (broad SMARTS) is 1. The normalized spacial score (nSPS) is 12.5. The van der Waals surface area contributed by atoms with Crippen molar-refractivity contribution < 1.29 is 19.4 Å². The summed E-state index contributed by atoms with van der Waals surface area (Å²) in [5, 5.41) is 17.5. The highest BCUT2D eigenvalue weighted by Crippen LogP contribution is 2.19. The number of aryl methyl sites for hydroxylation is 1. The number of benzene rings is 1. The maximum Gasteiger partial charge on any atom is 0.337 e. The Hall–Kier alpha value is -1.42. The van der Waals surface area contributed by atoms with Gasteiger partial charge in [-0.3, -0.25) is 0 Å². The number of aliphatic hydroxyl groups excluding tert-OH is 1. The molecular weight excluding hydrogens is 175 g/mol. The van der Waals surface area contributed by atoms with Gasteiger partial charge in [0, 0.05) is 5.56 Å². The molecule has 2 N–H and O–H groups in total. The highest BCUT2D eigenvalue weighted by atomic mass is 19.1. The molecule has 0 bridgehead atoms. The van der Waals surface area contributed by atoms with Crippen molar-refractivity contribution >= 4 is 5.97 Å². The largest absolute Gasteiger partial charge is 0.479 e. The quantitative estimate of drug-likeness (QED) is 0.727. The van der Waals surface area contributed by atoms with Crippen molar-refractivity contribution in [1.29, 1.82) is 0 Å². The lowest BCUT2D eigenvalue weighted by atomic mass is 10.1. The molecule has 0 aromatic heterocycles. The lowest BCUT2D eigenvalue weighted by Gasteiger charge is -2.07. The van der Waals surface area contributed by atoms with E-state index in [1.54, 1.807) is 0 Å². The zero-order valence-electron chi connectivity index (χ0n) is 6.99. The van der Waals surface area contributed by atoms with Crippen LogP contribution in [0.25, 0.3) is 0 Å². The Labute approximate surface area is 74.4 Å². The van der Waals surface area contributed by atoms with Crippen molar-refractivity contribution in [3.05, 3.63) is 35.1 Å². The number of rotatable bonds is 2. The maximum atomic E-state index is 13.2. The summed E-state index contributed by atoms with van der Waals surface area (Å²) in [4.78, 5) is 10.3. The van der Waals surface area contributed by atoms with Gasteiger partial charge in [-0.25, -0.2) is 9.18 Å². The summed E-state index contributed by atoms with van der Waals surface area (Å²) in [6.45, 7) is 1.51. The van der Waals surface area contributed by atoms with Crippen molar-refractivity contribution in [3.63, 3.8) is 0 Å². The molecule has 0 heterocycles. The Morgan fingerprint density at radius 2 is 2.15 bits per heavy atom. The minimum Gasteiger partial charge on any atom is -0.479 e. The Morgan fingerprint density at radius 3 is 2.69 bits per heavy atom. The van der Waals surface area contributed by atoms with Crippen LogP contribution in [0.2, 0.25) is 0 Å². The minimum atomic E-state index is -1.79. The molecule has 0 aliphatic heterocycles. The average molecular weight is 184 g/mol. The molecule has 13 heavy (non-hydrogen) atoms. The Kier molecular flexibility index (Phi) is 2.63. The van der Waals surface area contributed by atoms with Crippen molar-refractivity contribution in [2.75, 3.05) is 0 Å². The molecule has 1 rings (SSSR count). The van der Waals surface area contributed by atoms with Gasteiger partial charge in [-0.15, -0.1) is 0 Å². The lowest BCUT2D eigenvalue weighted by Crippen LogP contribution is -2.12. The number of halogens is 1. The van der Waals surface area contributed by atoms with Crippen molar-refractivity contribution in [1.82, 2.24) is 0 Å². The first-order valence-corrected chi connectivity index (χ1v) is 3.70. The average Bonchev–Trinajstić information content (AvgIpc) is 2.08. The van der Waals surface area contributed by atoms with Crippen LogP contribution in [-0.2, 0) is 4.79 Å². The highest BCUT2D eigenvalue weighted by Gasteiger charge is 2.20. The van der Waals surface area contributed by atoms with Crippen LogP contribution >= 0.6 is 0 Å². The monoisotopic (exact) mass is 184 g/mol. The highest BCUT2D eigenvalue weighted by molar-refractivity contribution is 5.74. The van der Waals surface area contributed by atoms with Gasteiger partial charge in [-0.1, -0.05) is 18.2 Å². The fourth-order valence-corrected chi connectivity index (χ4v) is 1.01. The number of hydrogen-bond donors (Lipinski definition) is 2. The molecule has 0 radical (unpaired) electrons. The first kappa shape index (κ1) is 9.67. The summed E-state index contributed by atoms with van der Waals surface area (Å²) in [7, 11) is 0. The molecule has 70 valence electrons. The van der Waals surface area contributed by atoms with E-state index >= 15 is 0 Å². The molecule has 0 amide bonds. The predicted octanol–water partition coefficient (Wildman–Crippen LogP) is 1.25. The van der Waals surface area contributed by atoms with E-state index in [4.69, 9.17) is 10.2 Å². The van der Waals surface area contributed by atoms with Crippen LogP contribution in [0.3, 0.4) is 0 Å². The summed E-state index contributed by atoms with van der Waals surface area (Å²) < 4.78 is 13.2. The zero-order valence-corrected chi connectivity index (χ0v) is 6.99. The first-order valence-electron chi connectivity index (χ1n) is 3.70. The van der Waals surface area contributed by atoms with Crippen LogP contribution in [0.5, 0.6) is 0 Å². The molecule has 1 aromatic rings. The molecule has 0 saturated heterocycles. The molecular formula is C9H9FO3. The van der Waals surface area contributed by atoms with E-state index in [0.29, 0.717) is 5.56 Å². The van der Waals surface area contributed by atoms with Crippen LogP contribution in [0.15, 0.2) is 18.2 Å². The molecule has 0 saturated carbocycles. The van der Waals surface area contributed by atoms with Gasteiger partial charge in [0.1, 0.15) is 5.82 Å². The lowest BCUT2D eigenvalue weighted by molar-refractivity contribution is -0.147. The molecule has 0 aliphatic carbocycles. The van der Waals surface area contributed by atoms with Gasteiger partial charge in [-0.05, 0) is 12.5 Å². The van der Waals surface area contributed by atoms with E-state index in [9.17, 15) is 9.18 Å². The molecule has 3 nitrogen and oxygen atoms in total. The molecule has 0 aliphatic rings. The zero-order chi connectivity index (χ0) is 10.0. The summed E-state index contributed by atoms with van der Waals surface area (Å²) in [5.74, 6) is -2.12. The molecule has 1 unspecified atom stereocenters. The summed E-state index contributed by atoms with van der Waals surface area (Å²) in [5.41, 5.74) is 0.116. The van der Waals surface area contributed by atoms with Crippen LogP contribution in [0, 0.1) is 12.7 Å². The smallest absolute Gasteiger partial charge is 0.337 e. The minimum absolute atomic E-state index is 0.201. The van der Waals surface area contributed by atoms with Gasteiger partial charge in [0.25, 0.3) is 0 Å². The van der Waals surface area contributed by atoms with E-state index in [0.717, 1.165) is 0 Å². The number of aliphatic carboxylic acids is 1. The van der Waals surface area contributed by atoms with Crippen LogP contribution in [-0.4, -0.2) is 16.2 Å². The van der Waals surface area contributed by atoms with Crippen molar-refractivity contribution in [2.45, 2.75) is 13.0 Å². The predicted molar refractivity (Wildman–Crippen MR) is 43.7 cm³/mol. The second-order valence-corrected chi connectivity index (χ2v) is 2.72. The van der Waals surface area contributed by atoms with E-state index < -0.39 is 17.9 Å². The van der Waals surface area contributed by atoms with E-state index in [2.05, 4.69) is 0 Å². The Morgan fingerprint density at radius 1 is 1.54 bits per heavy atom. The van der Waals surface area contributed by atoms with E-state index in [1.165, 1.54) is 25.1 Å². The van der Waals surface area contributed by atoms with Crippen LogP contribution in [0.1, 0.15) is 17.2 Å². The van der Waals surface area contributed by atoms with Gasteiger partial charge in [0.2, 0.25) is 0 Å². The molecule has 4 heteroatoms. The van der Waals surface area contributed by atoms with Gasteiger partial charge < -0.3 is 10.2 Å². The van der Waals surface area contributed by atoms with Gasteiger partial charge in [0.15, 0.2) is 6.10 Å². The summed E-state index contributed by atoms with van der Waals surface area (Å²) in [6.07, 6.45) is -1.79. The Balaban J connectivity index is 3.15. The van der Waals surface area contributed by atoms with Crippen molar-refractivity contribution in [3.8, 4) is 0 Å². The van der Waals surface area contributed by atoms with E-state index in [1.807, 2.05) is 0 Å². The fourth-order valence-electron chi connectivity index (χ4n) is 1.01. The van der Waals surface area contributed by atoms with Gasteiger partial charge in [0.05, 0.1) is 0 Å². The molecule has 1 aromatic carbocycles. The third-order valence-corrected chi connectivity index (χ3v) is 1.75. The van der Waals surface area contributed by atoms with E-state index in [-0.39, 0.29) is 5.56 Å².